The molecule has 11 heteroatoms. The van der Waals surface area contributed by atoms with E-state index >= 15 is 0 Å². The first kappa shape index (κ1) is 39.7. The summed E-state index contributed by atoms with van der Waals surface area (Å²) in [4.78, 5) is 17.3. The lowest BCUT2D eigenvalue weighted by Crippen LogP contribution is -2.28. The van der Waals surface area contributed by atoms with Crippen molar-refractivity contribution < 1.29 is 29.6 Å². The van der Waals surface area contributed by atoms with Gasteiger partial charge in [-0.3, -0.25) is 14.7 Å². The standard InChI is InChI=1S/C44H49ClN4O6/c1-28-33(6-4-8-39(28)40-9-5-7-38(29(40)2)32-12-10-30(11-13-32)20-48-23-37(51)18-44(52)53)27-55-43-19-42(54-26-31-16-35(46-3)22-47-21-31)34(17-41(43)45)24-49-15-14-36(50)25-49/h4-13,16-17,19,21-22,36-37,46,48,50-51H,14-15,18,20,23-27H2,1-3H3,(H,52,53)/t36-,37+/m1/s1. The van der Waals surface area contributed by atoms with Crippen LogP contribution in [0, 0.1) is 13.8 Å². The Kier molecular flexibility index (Phi) is 13.4. The number of ether oxygens (including phenoxy) is 2. The molecule has 6 rings (SSSR count). The number of aliphatic hydroxyl groups excluding tert-OH is 2. The van der Waals surface area contributed by atoms with Crippen LogP contribution in [0.5, 0.6) is 11.5 Å². The molecule has 0 radical (unpaired) electrons. The van der Waals surface area contributed by atoms with E-state index in [1.165, 1.54) is 0 Å². The summed E-state index contributed by atoms with van der Waals surface area (Å²) in [6, 6.07) is 26.7. The highest BCUT2D eigenvalue weighted by Gasteiger charge is 2.23. The number of nitrogens with zero attached hydrogens (tertiary/aromatic N) is 2. The van der Waals surface area contributed by atoms with Gasteiger partial charge in [0.15, 0.2) is 0 Å². The van der Waals surface area contributed by atoms with Crippen molar-refractivity contribution in [3.05, 3.63) is 130 Å². The van der Waals surface area contributed by atoms with Gasteiger partial charge in [0.1, 0.15) is 24.7 Å². The average Bonchev–Trinajstić information content (AvgIpc) is 3.59. The molecule has 5 aromatic rings. The first-order valence-corrected chi connectivity index (χ1v) is 18.9. The summed E-state index contributed by atoms with van der Waals surface area (Å²) < 4.78 is 12.8. The quantitative estimate of drug-likeness (QED) is 0.0653. The van der Waals surface area contributed by atoms with E-state index in [1.807, 2.05) is 37.4 Å². The molecular formula is C44H49ClN4O6. The van der Waals surface area contributed by atoms with Crippen LogP contribution in [0.4, 0.5) is 5.69 Å². The second kappa shape index (κ2) is 18.6. The number of aliphatic carboxylic acids is 1. The Bertz CT molecular complexity index is 2090. The monoisotopic (exact) mass is 764 g/mol. The zero-order chi connectivity index (χ0) is 38.9. The number of rotatable bonds is 17. The van der Waals surface area contributed by atoms with Crippen LogP contribution in [0.3, 0.4) is 0 Å². The summed E-state index contributed by atoms with van der Waals surface area (Å²) in [5, 5.41) is 35.6. The van der Waals surface area contributed by atoms with E-state index in [4.69, 9.17) is 26.2 Å². The molecule has 2 atom stereocenters. The fraction of sp³-hybridized carbons (Fsp3) is 0.318. The van der Waals surface area contributed by atoms with Gasteiger partial charge in [-0.1, -0.05) is 72.3 Å². The van der Waals surface area contributed by atoms with Crippen molar-refractivity contribution in [1.29, 1.82) is 0 Å². The fourth-order valence-corrected chi connectivity index (χ4v) is 7.23. The summed E-state index contributed by atoms with van der Waals surface area (Å²) in [5.74, 6) is 0.185. The molecule has 4 aromatic carbocycles. The summed E-state index contributed by atoms with van der Waals surface area (Å²) in [7, 11) is 1.86. The van der Waals surface area contributed by atoms with Gasteiger partial charge < -0.3 is 35.4 Å². The predicted octanol–water partition coefficient (Wildman–Crippen LogP) is 7.38. The Morgan fingerprint density at radius 2 is 1.64 bits per heavy atom. The van der Waals surface area contributed by atoms with Crippen LogP contribution in [-0.2, 0) is 31.1 Å². The minimum atomic E-state index is -1.02. The Morgan fingerprint density at radius 1 is 0.909 bits per heavy atom. The predicted molar refractivity (Wildman–Crippen MR) is 217 cm³/mol. The van der Waals surface area contributed by atoms with Crippen molar-refractivity contribution in [2.45, 2.75) is 65.2 Å². The first-order chi connectivity index (χ1) is 26.6. The Labute approximate surface area is 327 Å². The van der Waals surface area contributed by atoms with Crippen molar-refractivity contribution >= 4 is 23.3 Å². The number of β-amino-alcohol motifs (C(OH)–C–C–N with tert-alkyl or cyclic N) is 1. The van der Waals surface area contributed by atoms with Crippen LogP contribution in [0.25, 0.3) is 22.3 Å². The number of halogens is 1. The van der Waals surface area contributed by atoms with Gasteiger partial charge in [0, 0.05) is 69.4 Å². The van der Waals surface area contributed by atoms with Gasteiger partial charge in [-0.2, -0.15) is 0 Å². The van der Waals surface area contributed by atoms with Crippen molar-refractivity contribution in [2.75, 3.05) is 32.0 Å². The minimum Gasteiger partial charge on any atom is -0.488 e. The molecule has 55 heavy (non-hydrogen) atoms. The summed E-state index contributed by atoms with van der Waals surface area (Å²) >= 11 is 6.87. The summed E-state index contributed by atoms with van der Waals surface area (Å²) in [5.41, 5.74) is 11.6. The number of aromatic nitrogens is 1. The van der Waals surface area contributed by atoms with Crippen LogP contribution in [-0.4, -0.2) is 70.1 Å². The normalized spacial score (nSPS) is 14.8. The minimum absolute atomic E-state index is 0.212. The second-order valence-corrected chi connectivity index (χ2v) is 14.5. The summed E-state index contributed by atoms with van der Waals surface area (Å²) in [6.07, 6.45) is 2.76. The number of carbonyl (C=O) groups is 1. The van der Waals surface area contributed by atoms with Crippen LogP contribution in [0.2, 0.25) is 5.02 Å². The maximum atomic E-state index is 10.8. The lowest BCUT2D eigenvalue weighted by molar-refractivity contribution is -0.139. The third kappa shape index (κ3) is 10.4. The van der Waals surface area contributed by atoms with Crippen LogP contribution in [0.1, 0.15) is 46.2 Å². The molecule has 0 amide bonds. The van der Waals surface area contributed by atoms with Crippen LogP contribution >= 0.6 is 11.6 Å². The number of hydrogen-bond donors (Lipinski definition) is 5. The zero-order valence-electron chi connectivity index (χ0n) is 31.5. The van der Waals surface area contributed by atoms with Crippen LogP contribution < -0.4 is 20.1 Å². The molecule has 0 bridgehead atoms. The number of pyridine rings is 1. The highest BCUT2D eigenvalue weighted by Crippen LogP contribution is 2.37. The average molecular weight is 765 g/mol. The van der Waals surface area contributed by atoms with Gasteiger partial charge in [-0.05, 0) is 76.9 Å². The largest absolute Gasteiger partial charge is 0.488 e. The Morgan fingerprint density at radius 3 is 2.36 bits per heavy atom. The van der Waals surface area contributed by atoms with E-state index in [-0.39, 0.29) is 19.1 Å². The maximum absolute atomic E-state index is 10.8. The van der Waals surface area contributed by atoms with Gasteiger partial charge >= 0.3 is 5.97 Å². The van der Waals surface area contributed by atoms with E-state index in [2.05, 4.69) is 82.9 Å². The maximum Gasteiger partial charge on any atom is 0.306 e. The van der Waals surface area contributed by atoms with E-state index < -0.39 is 12.1 Å². The third-order valence-corrected chi connectivity index (χ3v) is 10.4. The van der Waals surface area contributed by atoms with Crippen molar-refractivity contribution in [1.82, 2.24) is 15.2 Å². The number of aliphatic hydroxyl groups is 2. The number of likely N-dealkylation sites (tertiary alicyclic amines) is 1. The highest BCUT2D eigenvalue weighted by molar-refractivity contribution is 6.32. The molecule has 10 nitrogen and oxygen atoms in total. The molecule has 5 N–H and O–H groups in total. The number of hydrogen-bond acceptors (Lipinski definition) is 9. The third-order valence-electron chi connectivity index (χ3n) is 10.1. The molecule has 0 spiro atoms. The Balaban J connectivity index is 1.18. The summed E-state index contributed by atoms with van der Waals surface area (Å²) in [6.45, 7) is 7.64. The number of carboxylic acids is 1. The molecule has 288 valence electrons. The molecule has 2 heterocycles. The van der Waals surface area contributed by atoms with Gasteiger partial charge in [0.05, 0.1) is 29.3 Å². The number of nitrogens with one attached hydrogen (secondary N) is 2. The van der Waals surface area contributed by atoms with E-state index in [0.717, 1.165) is 74.3 Å². The molecule has 0 unspecified atom stereocenters. The number of anilines is 1. The van der Waals surface area contributed by atoms with Crippen molar-refractivity contribution in [3.8, 4) is 33.8 Å². The SMILES string of the molecule is CNc1cncc(COc2cc(OCc3cccc(-c4cccc(-c5ccc(CNC[C@@H](O)CC(=O)O)cc5)c4C)c3C)c(Cl)cc2CN2CC[C@@H](O)C2)c1. The Hall–Kier alpha value is -4.97. The smallest absolute Gasteiger partial charge is 0.306 e. The van der Waals surface area contributed by atoms with Gasteiger partial charge in [0.2, 0.25) is 0 Å². The number of carboxylic acid groups (broad SMARTS) is 1. The van der Waals surface area contributed by atoms with E-state index in [1.54, 1.807) is 12.4 Å². The molecule has 1 fully saturated rings. The first-order valence-electron chi connectivity index (χ1n) is 18.6. The zero-order valence-corrected chi connectivity index (χ0v) is 32.3. The fourth-order valence-electron chi connectivity index (χ4n) is 6.99. The number of benzene rings is 4. The molecule has 1 saturated heterocycles. The lowest BCUT2D eigenvalue weighted by Gasteiger charge is -2.20. The second-order valence-electron chi connectivity index (χ2n) is 14.1. The van der Waals surface area contributed by atoms with E-state index in [0.29, 0.717) is 49.4 Å². The molecule has 1 aromatic heterocycles. The molecule has 1 aliphatic rings. The highest BCUT2D eigenvalue weighted by atomic mass is 35.5. The topological polar surface area (TPSA) is 136 Å². The molecule has 1 aliphatic heterocycles. The van der Waals surface area contributed by atoms with Crippen LogP contribution in [0.15, 0.2) is 91.3 Å². The van der Waals surface area contributed by atoms with Gasteiger partial charge in [-0.25, -0.2) is 0 Å². The van der Waals surface area contributed by atoms with E-state index in [9.17, 15) is 15.0 Å². The lowest BCUT2D eigenvalue weighted by atomic mass is 9.89. The molecule has 0 aliphatic carbocycles. The van der Waals surface area contributed by atoms with Gasteiger partial charge in [0.25, 0.3) is 0 Å². The van der Waals surface area contributed by atoms with Crippen molar-refractivity contribution in [3.63, 3.8) is 0 Å². The molecular weight excluding hydrogens is 716 g/mol. The molecule has 0 saturated carbocycles. The van der Waals surface area contributed by atoms with Gasteiger partial charge in [-0.15, -0.1) is 0 Å². The van der Waals surface area contributed by atoms with Crippen molar-refractivity contribution in [2.24, 2.45) is 0 Å².